The van der Waals surface area contributed by atoms with Gasteiger partial charge in [-0.15, -0.1) is 11.8 Å². The SMILES string of the molecule is N#Cc1ccc(NCC2Cc3ccccc3S2)cc1Cl. The summed E-state index contributed by atoms with van der Waals surface area (Å²) in [4.78, 5) is 1.39. The number of fused-ring (bicyclic) bond motifs is 1. The fourth-order valence-electron chi connectivity index (χ4n) is 2.32. The molecule has 1 aliphatic heterocycles. The van der Waals surface area contributed by atoms with E-state index in [9.17, 15) is 0 Å². The molecule has 2 nitrogen and oxygen atoms in total. The lowest BCUT2D eigenvalue weighted by Gasteiger charge is -2.11. The molecule has 1 atom stereocenters. The van der Waals surface area contributed by atoms with Crippen molar-refractivity contribution in [2.24, 2.45) is 0 Å². The number of thioether (sulfide) groups is 1. The molecule has 0 saturated carbocycles. The highest BCUT2D eigenvalue weighted by molar-refractivity contribution is 8.00. The Hall–Kier alpha value is -1.63. The third-order valence-electron chi connectivity index (χ3n) is 3.34. The molecular formula is C16H13ClN2S. The molecule has 4 heteroatoms. The van der Waals surface area contributed by atoms with E-state index in [0.717, 1.165) is 18.7 Å². The highest BCUT2D eigenvalue weighted by Crippen LogP contribution is 2.36. The monoisotopic (exact) mass is 300 g/mol. The Balaban J connectivity index is 1.62. The predicted octanol–water partition coefficient (Wildman–Crippen LogP) is 4.34. The van der Waals surface area contributed by atoms with E-state index in [-0.39, 0.29) is 0 Å². The van der Waals surface area contributed by atoms with Gasteiger partial charge in [-0.05, 0) is 36.2 Å². The predicted molar refractivity (Wildman–Crippen MR) is 84.4 cm³/mol. The Morgan fingerprint density at radius 3 is 2.90 bits per heavy atom. The molecule has 0 aromatic heterocycles. The Labute approximate surface area is 127 Å². The van der Waals surface area contributed by atoms with Gasteiger partial charge in [0.2, 0.25) is 0 Å². The lowest BCUT2D eigenvalue weighted by Crippen LogP contribution is -2.15. The van der Waals surface area contributed by atoms with Crippen LogP contribution in [0.2, 0.25) is 5.02 Å². The van der Waals surface area contributed by atoms with E-state index in [2.05, 4.69) is 35.7 Å². The number of nitrogens with zero attached hydrogens (tertiary/aromatic N) is 1. The van der Waals surface area contributed by atoms with Gasteiger partial charge in [-0.1, -0.05) is 29.8 Å². The summed E-state index contributed by atoms with van der Waals surface area (Å²) in [7, 11) is 0. The van der Waals surface area contributed by atoms with Crippen LogP contribution in [0.1, 0.15) is 11.1 Å². The standard InChI is InChI=1S/C16H13ClN2S/c17-15-8-13(6-5-12(15)9-18)19-10-14-7-11-3-1-2-4-16(11)20-14/h1-6,8,14,19H,7,10H2. The van der Waals surface area contributed by atoms with Crippen LogP contribution < -0.4 is 5.32 Å². The molecule has 2 aromatic carbocycles. The van der Waals surface area contributed by atoms with Crippen LogP contribution in [0.15, 0.2) is 47.4 Å². The van der Waals surface area contributed by atoms with E-state index in [1.165, 1.54) is 10.5 Å². The zero-order valence-corrected chi connectivity index (χ0v) is 12.3. The zero-order chi connectivity index (χ0) is 13.9. The van der Waals surface area contributed by atoms with E-state index in [0.29, 0.717) is 15.8 Å². The molecule has 0 amide bonds. The molecular weight excluding hydrogens is 288 g/mol. The van der Waals surface area contributed by atoms with Gasteiger partial charge in [0.05, 0.1) is 10.6 Å². The average Bonchev–Trinajstić information content (AvgIpc) is 2.88. The third-order valence-corrected chi connectivity index (χ3v) is 4.97. The maximum absolute atomic E-state index is 8.85. The number of anilines is 1. The van der Waals surface area contributed by atoms with Crippen molar-refractivity contribution in [3.05, 3.63) is 58.6 Å². The van der Waals surface area contributed by atoms with Crippen LogP contribution in [0.3, 0.4) is 0 Å². The van der Waals surface area contributed by atoms with Gasteiger partial charge in [0.15, 0.2) is 0 Å². The number of rotatable bonds is 3. The van der Waals surface area contributed by atoms with Crippen LogP contribution in [0.25, 0.3) is 0 Å². The topological polar surface area (TPSA) is 35.8 Å². The minimum Gasteiger partial charge on any atom is -0.384 e. The zero-order valence-electron chi connectivity index (χ0n) is 10.8. The van der Waals surface area contributed by atoms with Crippen LogP contribution in [-0.4, -0.2) is 11.8 Å². The summed E-state index contributed by atoms with van der Waals surface area (Å²) < 4.78 is 0. The highest BCUT2D eigenvalue weighted by Gasteiger charge is 2.21. The van der Waals surface area contributed by atoms with Crippen molar-refractivity contribution in [1.29, 1.82) is 5.26 Å². The second-order valence-corrected chi connectivity index (χ2v) is 6.49. The van der Waals surface area contributed by atoms with Crippen molar-refractivity contribution in [2.75, 3.05) is 11.9 Å². The fourth-order valence-corrected chi connectivity index (χ4v) is 3.79. The summed E-state index contributed by atoms with van der Waals surface area (Å²) in [5.41, 5.74) is 2.91. The molecule has 0 bridgehead atoms. The van der Waals surface area contributed by atoms with Gasteiger partial charge in [0.1, 0.15) is 6.07 Å². The summed E-state index contributed by atoms with van der Waals surface area (Å²) in [6, 6.07) is 16.1. The minimum absolute atomic E-state index is 0.500. The van der Waals surface area contributed by atoms with Crippen LogP contribution >= 0.6 is 23.4 Å². The molecule has 1 unspecified atom stereocenters. The van der Waals surface area contributed by atoms with Gasteiger partial charge in [-0.2, -0.15) is 5.26 Å². The normalized spacial score (nSPS) is 16.5. The number of halogens is 1. The molecule has 100 valence electrons. The lowest BCUT2D eigenvalue weighted by molar-refractivity contribution is 0.899. The van der Waals surface area contributed by atoms with Crippen LogP contribution in [-0.2, 0) is 6.42 Å². The first kappa shape index (κ1) is 13.4. The number of nitrogens with one attached hydrogen (secondary N) is 1. The summed E-state index contributed by atoms with van der Waals surface area (Å²) >= 11 is 7.95. The van der Waals surface area contributed by atoms with Gasteiger partial charge < -0.3 is 5.32 Å². The van der Waals surface area contributed by atoms with Crippen molar-refractivity contribution in [3.8, 4) is 6.07 Å². The first-order valence-electron chi connectivity index (χ1n) is 6.44. The molecule has 20 heavy (non-hydrogen) atoms. The lowest BCUT2D eigenvalue weighted by atomic mass is 10.1. The van der Waals surface area contributed by atoms with Gasteiger partial charge >= 0.3 is 0 Å². The summed E-state index contributed by atoms with van der Waals surface area (Å²) in [5.74, 6) is 0. The first-order chi connectivity index (χ1) is 9.76. The molecule has 0 fully saturated rings. The second kappa shape index (κ2) is 5.78. The summed E-state index contributed by atoms with van der Waals surface area (Å²) in [6.07, 6.45) is 1.10. The molecule has 0 radical (unpaired) electrons. The molecule has 0 spiro atoms. The molecule has 1 aliphatic rings. The molecule has 3 rings (SSSR count). The van der Waals surface area contributed by atoms with Crippen molar-refractivity contribution in [1.82, 2.24) is 0 Å². The molecule has 0 saturated heterocycles. The van der Waals surface area contributed by atoms with Crippen LogP contribution in [0.5, 0.6) is 0 Å². The Morgan fingerprint density at radius 2 is 2.15 bits per heavy atom. The van der Waals surface area contributed by atoms with E-state index in [4.69, 9.17) is 16.9 Å². The number of hydrogen-bond donors (Lipinski definition) is 1. The number of benzene rings is 2. The van der Waals surface area contributed by atoms with E-state index in [1.54, 1.807) is 6.07 Å². The Bertz CT molecular complexity index is 653. The number of hydrogen-bond acceptors (Lipinski definition) is 3. The van der Waals surface area contributed by atoms with Crippen molar-refractivity contribution >= 4 is 29.1 Å². The Kier molecular flexibility index (Phi) is 3.86. The minimum atomic E-state index is 0.500. The Morgan fingerprint density at radius 1 is 1.30 bits per heavy atom. The molecule has 0 aliphatic carbocycles. The average molecular weight is 301 g/mol. The smallest absolute Gasteiger partial charge is 0.101 e. The maximum atomic E-state index is 8.85. The third kappa shape index (κ3) is 2.77. The van der Waals surface area contributed by atoms with Gasteiger partial charge in [0.25, 0.3) is 0 Å². The van der Waals surface area contributed by atoms with E-state index >= 15 is 0 Å². The van der Waals surface area contributed by atoms with Gasteiger partial charge in [-0.3, -0.25) is 0 Å². The van der Waals surface area contributed by atoms with Gasteiger partial charge in [0, 0.05) is 22.4 Å². The quantitative estimate of drug-likeness (QED) is 0.916. The van der Waals surface area contributed by atoms with Crippen molar-refractivity contribution in [2.45, 2.75) is 16.6 Å². The van der Waals surface area contributed by atoms with Crippen molar-refractivity contribution < 1.29 is 0 Å². The van der Waals surface area contributed by atoms with Crippen LogP contribution in [0, 0.1) is 11.3 Å². The molecule has 1 N–H and O–H groups in total. The first-order valence-corrected chi connectivity index (χ1v) is 7.70. The maximum Gasteiger partial charge on any atom is 0.101 e. The highest BCUT2D eigenvalue weighted by atomic mass is 35.5. The summed E-state index contributed by atoms with van der Waals surface area (Å²) in [5, 5.41) is 13.3. The van der Waals surface area contributed by atoms with Crippen molar-refractivity contribution in [3.63, 3.8) is 0 Å². The largest absolute Gasteiger partial charge is 0.384 e. The number of nitriles is 1. The summed E-state index contributed by atoms with van der Waals surface area (Å²) in [6.45, 7) is 0.890. The van der Waals surface area contributed by atoms with Crippen LogP contribution in [0.4, 0.5) is 5.69 Å². The molecule has 2 aromatic rings. The second-order valence-electron chi connectivity index (χ2n) is 4.74. The van der Waals surface area contributed by atoms with E-state index in [1.807, 2.05) is 23.9 Å². The van der Waals surface area contributed by atoms with Gasteiger partial charge in [-0.25, -0.2) is 0 Å². The molecule has 1 heterocycles. The fraction of sp³-hybridized carbons (Fsp3) is 0.188. The van der Waals surface area contributed by atoms with E-state index < -0.39 is 0 Å².